The number of nitrogens with one attached hydrogen (secondary N) is 3. The van der Waals surface area contributed by atoms with Gasteiger partial charge >= 0.3 is 5.97 Å². The summed E-state index contributed by atoms with van der Waals surface area (Å²) in [5.41, 5.74) is 6.26. The summed E-state index contributed by atoms with van der Waals surface area (Å²) >= 11 is 0. The number of carbonyl (C=O) groups excluding carboxylic acids is 2. The molecule has 10 heteroatoms. The number of benzene rings is 1. The standard InChI is InChI=1S/C31H45N5O4.ClH/c32-28(33)23-13-11-20(12-14-23)18-35-30(40)31-17-24(31)15-16-36(31)29(39)27(34-19-25(37)38)26(21-7-3-1-4-8-21)22-9-5-2-6-10-22;/h11-14,21-22,24,26-27,34H,1-10,15-19H2,(H3,32,33)(H,35,40)(H,37,38);1H/t24-,27-,31+;/m1./s1. The number of nitrogen functional groups attached to an aromatic ring is 1. The molecular weight excluding hydrogens is 542 g/mol. The van der Waals surface area contributed by atoms with Crippen molar-refractivity contribution in [1.29, 1.82) is 5.41 Å². The van der Waals surface area contributed by atoms with Crippen LogP contribution in [0.1, 0.15) is 88.2 Å². The van der Waals surface area contributed by atoms with E-state index in [1.54, 1.807) is 12.1 Å². The lowest BCUT2D eigenvalue weighted by Crippen LogP contribution is -2.59. The summed E-state index contributed by atoms with van der Waals surface area (Å²) in [5.74, 6) is -0.0882. The number of fused-ring (bicyclic) bond motifs is 1. The summed E-state index contributed by atoms with van der Waals surface area (Å²) in [4.78, 5) is 41.6. The molecule has 3 aliphatic carbocycles. The predicted molar refractivity (Wildman–Crippen MR) is 160 cm³/mol. The van der Waals surface area contributed by atoms with E-state index in [0.717, 1.165) is 37.7 Å². The zero-order chi connectivity index (χ0) is 28.3. The van der Waals surface area contributed by atoms with Crippen molar-refractivity contribution in [2.75, 3.05) is 13.1 Å². The average molecular weight is 588 g/mol. The van der Waals surface area contributed by atoms with Crippen LogP contribution in [0.4, 0.5) is 0 Å². The van der Waals surface area contributed by atoms with Crippen molar-refractivity contribution < 1.29 is 19.5 Å². The summed E-state index contributed by atoms with van der Waals surface area (Å²) in [6, 6.07) is 6.65. The van der Waals surface area contributed by atoms with Crippen molar-refractivity contribution in [3.8, 4) is 0 Å². The first kappa shape index (κ1) is 31.3. The largest absolute Gasteiger partial charge is 0.480 e. The van der Waals surface area contributed by atoms with Gasteiger partial charge in [0.15, 0.2) is 0 Å². The van der Waals surface area contributed by atoms with Gasteiger partial charge in [-0.1, -0.05) is 88.5 Å². The minimum absolute atomic E-state index is 0. The van der Waals surface area contributed by atoms with Gasteiger partial charge < -0.3 is 21.1 Å². The fourth-order valence-electron chi connectivity index (χ4n) is 8.04. The minimum Gasteiger partial charge on any atom is -0.480 e. The predicted octanol–water partition coefficient (Wildman–Crippen LogP) is 3.82. The van der Waals surface area contributed by atoms with Crippen molar-refractivity contribution in [3.63, 3.8) is 0 Å². The first-order valence-electron chi connectivity index (χ1n) is 15.3. The highest BCUT2D eigenvalue weighted by atomic mass is 35.5. The molecule has 1 aromatic rings. The number of nitrogens with two attached hydrogens (primary N) is 1. The lowest BCUT2D eigenvalue weighted by molar-refractivity contribution is -0.145. The molecule has 2 amide bonds. The average Bonchev–Trinajstić information content (AvgIpc) is 3.59. The molecule has 226 valence electrons. The topological polar surface area (TPSA) is 149 Å². The molecule has 0 bridgehead atoms. The van der Waals surface area contributed by atoms with Gasteiger partial charge in [0.25, 0.3) is 0 Å². The maximum atomic E-state index is 14.5. The van der Waals surface area contributed by atoms with E-state index in [1.165, 1.54) is 38.5 Å². The quantitative estimate of drug-likeness (QED) is 0.196. The second-order valence-electron chi connectivity index (χ2n) is 12.5. The number of hydrogen-bond acceptors (Lipinski definition) is 5. The number of likely N-dealkylation sites (tertiary alicyclic amines) is 1. The summed E-state index contributed by atoms with van der Waals surface area (Å²) in [7, 11) is 0. The molecule has 1 aromatic carbocycles. The number of nitrogens with zero attached hydrogens (tertiary/aromatic N) is 1. The molecule has 5 rings (SSSR count). The normalized spacial score (nSPS) is 25.2. The molecule has 0 aromatic heterocycles. The number of carbonyl (C=O) groups is 3. The van der Waals surface area contributed by atoms with Gasteiger partial charge in [0.1, 0.15) is 11.4 Å². The van der Waals surface area contributed by atoms with Gasteiger partial charge in [-0.2, -0.15) is 0 Å². The van der Waals surface area contributed by atoms with Crippen molar-refractivity contribution in [3.05, 3.63) is 35.4 Å². The van der Waals surface area contributed by atoms with Crippen LogP contribution in [-0.4, -0.2) is 58.3 Å². The maximum Gasteiger partial charge on any atom is 0.317 e. The Bertz CT molecular complexity index is 1080. The lowest BCUT2D eigenvalue weighted by atomic mass is 9.66. The number of halogens is 1. The Kier molecular flexibility index (Phi) is 10.3. The number of amidine groups is 1. The molecule has 3 atom stereocenters. The zero-order valence-corrected chi connectivity index (χ0v) is 24.7. The first-order valence-corrected chi connectivity index (χ1v) is 15.3. The third-order valence-electron chi connectivity index (χ3n) is 10.1. The van der Waals surface area contributed by atoms with Crippen LogP contribution in [0.5, 0.6) is 0 Å². The van der Waals surface area contributed by atoms with E-state index < -0.39 is 17.6 Å². The number of carboxylic acids is 1. The molecule has 9 nitrogen and oxygen atoms in total. The summed E-state index contributed by atoms with van der Waals surface area (Å²) in [5, 5.41) is 23.4. The molecular formula is C31H46ClN5O4. The molecule has 6 N–H and O–H groups in total. The fraction of sp³-hybridized carbons (Fsp3) is 0.677. The van der Waals surface area contributed by atoms with Crippen LogP contribution in [0.3, 0.4) is 0 Å². The summed E-state index contributed by atoms with van der Waals surface area (Å²) < 4.78 is 0. The van der Waals surface area contributed by atoms with Gasteiger partial charge in [-0.25, -0.2) is 0 Å². The smallest absolute Gasteiger partial charge is 0.317 e. The molecule has 0 radical (unpaired) electrons. The van der Waals surface area contributed by atoms with Crippen molar-refractivity contribution in [2.24, 2.45) is 29.4 Å². The zero-order valence-electron chi connectivity index (χ0n) is 23.9. The van der Waals surface area contributed by atoms with Gasteiger partial charge in [0, 0.05) is 18.7 Å². The SMILES string of the molecule is Cl.N=C(N)c1ccc(CNC(=O)[C@]23C[C@H]2CCN3C(=O)[C@H](NCC(=O)O)C(C2CCCCC2)C2CCCCC2)cc1. The van der Waals surface area contributed by atoms with E-state index in [-0.39, 0.29) is 48.4 Å². The first-order chi connectivity index (χ1) is 19.3. The van der Waals surface area contributed by atoms with Gasteiger partial charge in [-0.15, -0.1) is 12.4 Å². The van der Waals surface area contributed by atoms with Crippen molar-refractivity contribution >= 4 is 36.0 Å². The summed E-state index contributed by atoms with van der Waals surface area (Å²) in [6.45, 7) is 0.623. The van der Waals surface area contributed by atoms with E-state index in [0.29, 0.717) is 36.9 Å². The number of carboxylic acid groups (broad SMARTS) is 1. The highest BCUT2D eigenvalue weighted by molar-refractivity contribution is 5.97. The molecule has 1 saturated heterocycles. The molecule has 4 aliphatic rings. The highest BCUT2D eigenvalue weighted by Gasteiger charge is 2.69. The van der Waals surface area contributed by atoms with Crippen molar-refractivity contribution in [1.82, 2.24) is 15.5 Å². The molecule has 0 unspecified atom stereocenters. The van der Waals surface area contributed by atoms with Gasteiger partial charge in [-0.3, -0.25) is 25.1 Å². The monoisotopic (exact) mass is 587 g/mol. The number of hydrogen-bond donors (Lipinski definition) is 5. The fourth-order valence-corrected chi connectivity index (χ4v) is 8.04. The van der Waals surface area contributed by atoms with Crippen molar-refractivity contribution in [2.45, 2.75) is 95.2 Å². The number of rotatable bonds is 11. The van der Waals surface area contributed by atoms with Crippen LogP contribution < -0.4 is 16.4 Å². The Hall–Kier alpha value is -2.65. The van der Waals surface area contributed by atoms with E-state index in [1.807, 2.05) is 17.0 Å². The second kappa shape index (κ2) is 13.6. The Balaban J connectivity index is 0.00000387. The molecule has 1 aliphatic heterocycles. The summed E-state index contributed by atoms with van der Waals surface area (Å²) in [6.07, 6.45) is 13.0. The minimum atomic E-state index is -0.960. The van der Waals surface area contributed by atoms with Gasteiger partial charge in [0.2, 0.25) is 11.8 Å². The highest BCUT2D eigenvalue weighted by Crippen LogP contribution is 2.56. The molecule has 4 fully saturated rings. The Morgan fingerprint density at radius 3 is 2.07 bits per heavy atom. The van der Waals surface area contributed by atoms with Gasteiger partial charge in [0.05, 0.1) is 12.6 Å². The van der Waals surface area contributed by atoms with Crippen LogP contribution in [0.2, 0.25) is 0 Å². The van der Waals surface area contributed by atoms with Crippen LogP contribution in [0.25, 0.3) is 0 Å². The molecule has 0 spiro atoms. The Morgan fingerprint density at radius 2 is 1.56 bits per heavy atom. The van der Waals surface area contributed by atoms with Crippen LogP contribution in [-0.2, 0) is 20.9 Å². The van der Waals surface area contributed by atoms with E-state index in [2.05, 4.69) is 10.6 Å². The van der Waals surface area contributed by atoms with Crippen LogP contribution in [0.15, 0.2) is 24.3 Å². The number of amides is 2. The number of piperidine rings is 1. The number of aliphatic carboxylic acids is 1. The van der Waals surface area contributed by atoms with Crippen LogP contribution >= 0.6 is 12.4 Å². The Labute approximate surface area is 249 Å². The molecule has 1 heterocycles. The Morgan fingerprint density at radius 1 is 0.976 bits per heavy atom. The van der Waals surface area contributed by atoms with E-state index in [4.69, 9.17) is 11.1 Å². The van der Waals surface area contributed by atoms with Crippen LogP contribution in [0, 0.1) is 29.1 Å². The van der Waals surface area contributed by atoms with E-state index in [9.17, 15) is 19.5 Å². The van der Waals surface area contributed by atoms with Gasteiger partial charge in [-0.05, 0) is 42.1 Å². The third kappa shape index (κ3) is 6.72. The lowest BCUT2D eigenvalue weighted by Gasteiger charge is -2.43. The second-order valence-corrected chi connectivity index (χ2v) is 12.5. The molecule has 41 heavy (non-hydrogen) atoms. The maximum absolute atomic E-state index is 14.5. The third-order valence-corrected chi connectivity index (χ3v) is 10.1. The van der Waals surface area contributed by atoms with E-state index >= 15 is 0 Å². The molecule has 3 saturated carbocycles.